The lowest BCUT2D eigenvalue weighted by Crippen LogP contribution is -2.13. The Bertz CT molecular complexity index is 1360. The molecule has 3 N–H and O–H groups in total. The number of thioether (sulfide) groups is 1. The van der Waals surface area contributed by atoms with Gasteiger partial charge in [0.05, 0.1) is 19.3 Å². The average molecular weight is 517 g/mol. The summed E-state index contributed by atoms with van der Waals surface area (Å²) in [5, 5.41) is 18.5. The van der Waals surface area contributed by atoms with Gasteiger partial charge in [-0.25, -0.2) is 0 Å². The van der Waals surface area contributed by atoms with Crippen LogP contribution in [0.2, 0.25) is 0 Å². The van der Waals surface area contributed by atoms with E-state index in [0.717, 1.165) is 22.9 Å². The van der Waals surface area contributed by atoms with Crippen molar-refractivity contribution in [2.75, 3.05) is 28.8 Å². The van der Waals surface area contributed by atoms with E-state index in [4.69, 9.17) is 4.74 Å². The molecule has 4 aromatic rings. The van der Waals surface area contributed by atoms with Crippen LogP contribution in [-0.4, -0.2) is 39.4 Å². The Labute approximate surface area is 219 Å². The first-order chi connectivity index (χ1) is 18.0. The Hall–Kier alpha value is -4.31. The fraction of sp³-hybridized carbons (Fsp3) is 0.185. The highest BCUT2D eigenvalue weighted by Gasteiger charge is 2.16. The van der Waals surface area contributed by atoms with E-state index in [1.165, 1.54) is 18.7 Å². The first-order valence-electron chi connectivity index (χ1n) is 11.7. The maximum absolute atomic E-state index is 12.5. The maximum Gasteiger partial charge on any atom is 0.225 e. The number of nitrogens with one attached hydrogen (secondary N) is 3. The summed E-state index contributed by atoms with van der Waals surface area (Å²) < 4.78 is 7.42. The molecule has 37 heavy (non-hydrogen) atoms. The van der Waals surface area contributed by atoms with Gasteiger partial charge in [-0.2, -0.15) is 0 Å². The number of methoxy groups -OCH3 is 1. The third-order valence-electron chi connectivity index (χ3n) is 5.29. The van der Waals surface area contributed by atoms with Crippen LogP contribution < -0.4 is 20.7 Å². The molecule has 0 atom stereocenters. The first-order valence-corrected chi connectivity index (χ1v) is 12.7. The minimum Gasteiger partial charge on any atom is -0.495 e. The largest absolute Gasteiger partial charge is 0.495 e. The number of para-hydroxylation sites is 3. The molecule has 0 saturated carbocycles. The number of carbonyl (C=O) groups is 2. The van der Waals surface area contributed by atoms with E-state index >= 15 is 0 Å². The van der Waals surface area contributed by atoms with Crippen molar-refractivity contribution in [3.8, 4) is 11.4 Å². The second kappa shape index (κ2) is 12.6. The molecule has 1 aromatic heterocycles. The molecule has 0 aliphatic carbocycles. The van der Waals surface area contributed by atoms with E-state index in [2.05, 4.69) is 26.1 Å². The summed E-state index contributed by atoms with van der Waals surface area (Å²) in [7, 11) is 1.64. The number of benzene rings is 3. The molecule has 0 radical (unpaired) electrons. The molecule has 190 valence electrons. The number of amides is 2. The molecule has 4 rings (SSSR count). The van der Waals surface area contributed by atoms with Crippen molar-refractivity contribution in [1.82, 2.24) is 14.8 Å². The summed E-state index contributed by atoms with van der Waals surface area (Å²) in [4.78, 5) is 23.8. The highest BCUT2D eigenvalue weighted by molar-refractivity contribution is 7.99. The number of anilines is 3. The molecule has 0 aliphatic rings. The summed E-state index contributed by atoms with van der Waals surface area (Å²) in [5.74, 6) is 1.70. The average Bonchev–Trinajstić information content (AvgIpc) is 3.30. The van der Waals surface area contributed by atoms with E-state index < -0.39 is 0 Å². The minimum atomic E-state index is -0.167. The molecule has 0 saturated heterocycles. The standard InChI is InChI=1S/C27H28N6O3S/c1-19(34)29-20-9-8-10-21(17-20)30-26(35)15-16-37-27-32-31-25(33(27)22-11-4-3-5-12-22)18-28-23-13-6-7-14-24(23)36-2/h3-14,17,28H,15-16,18H2,1-2H3,(H,29,34)(H,30,35). The first kappa shape index (κ1) is 25.8. The van der Waals surface area contributed by atoms with Crippen LogP contribution in [0.15, 0.2) is 84.0 Å². The maximum atomic E-state index is 12.5. The summed E-state index contributed by atoms with van der Waals surface area (Å²) in [6.07, 6.45) is 0.283. The molecule has 0 bridgehead atoms. The predicted molar refractivity (Wildman–Crippen MR) is 146 cm³/mol. The molecule has 1 heterocycles. The van der Waals surface area contributed by atoms with E-state index in [1.807, 2.05) is 59.2 Å². The van der Waals surface area contributed by atoms with Crippen molar-refractivity contribution in [3.63, 3.8) is 0 Å². The van der Waals surface area contributed by atoms with Gasteiger partial charge in [-0.05, 0) is 42.5 Å². The summed E-state index contributed by atoms with van der Waals surface area (Å²) >= 11 is 1.46. The van der Waals surface area contributed by atoms with Gasteiger partial charge >= 0.3 is 0 Å². The summed E-state index contributed by atoms with van der Waals surface area (Å²) in [6, 6.07) is 24.6. The highest BCUT2D eigenvalue weighted by Crippen LogP contribution is 2.26. The number of carbonyl (C=O) groups excluding carboxylic acids is 2. The van der Waals surface area contributed by atoms with Crippen LogP contribution in [0.3, 0.4) is 0 Å². The van der Waals surface area contributed by atoms with Crippen molar-refractivity contribution in [1.29, 1.82) is 0 Å². The van der Waals surface area contributed by atoms with Crippen LogP contribution in [-0.2, 0) is 16.1 Å². The van der Waals surface area contributed by atoms with Crippen LogP contribution in [0.25, 0.3) is 5.69 Å². The van der Waals surface area contributed by atoms with Gasteiger partial charge in [0.25, 0.3) is 0 Å². The van der Waals surface area contributed by atoms with E-state index in [1.54, 1.807) is 31.4 Å². The predicted octanol–water partition coefficient (Wildman–Crippen LogP) is 4.97. The van der Waals surface area contributed by atoms with Crippen molar-refractivity contribution < 1.29 is 14.3 Å². The van der Waals surface area contributed by atoms with Gasteiger partial charge in [-0.15, -0.1) is 10.2 Å². The van der Waals surface area contributed by atoms with Gasteiger partial charge in [0.1, 0.15) is 5.75 Å². The molecule has 9 nitrogen and oxygen atoms in total. The molecular formula is C27H28N6O3S. The lowest BCUT2D eigenvalue weighted by Gasteiger charge is -2.13. The van der Waals surface area contributed by atoms with Gasteiger partial charge in [-0.1, -0.05) is 48.2 Å². The molecular weight excluding hydrogens is 488 g/mol. The van der Waals surface area contributed by atoms with Gasteiger partial charge < -0.3 is 20.7 Å². The van der Waals surface area contributed by atoms with Crippen molar-refractivity contribution >= 4 is 40.6 Å². The fourth-order valence-corrected chi connectivity index (χ4v) is 4.55. The number of nitrogens with zero attached hydrogens (tertiary/aromatic N) is 3. The summed E-state index contributed by atoms with van der Waals surface area (Å²) in [5.41, 5.74) is 3.05. The Morgan fingerprint density at radius 2 is 1.65 bits per heavy atom. The zero-order valence-electron chi connectivity index (χ0n) is 20.6. The summed E-state index contributed by atoms with van der Waals surface area (Å²) in [6.45, 7) is 1.88. The Balaban J connectivity index is 1.41. The van der Waals surface area contributed by atoms with Crippen molar-refractivity contribution in [2.45, 2.75) is 25.0 Å². The lowest BCUT2D eigenvalue weighted by molar-refractivity contribution is -0.116. The van der Waals surface area contributed by atoms with Gasteiger partial charge in [0.2, 0.25) is 11.8 Å². The Morgan fingerprint density at radius 1 is 0.919 bits per heavy atom. The number of aromatic nitrogens is 3. The number of ether oxygens (including phenoxy) is 1. The number of hydrogen-bond donors (Lipinski definition) is 3. The molecule has 0 fully saturated rings. The van der Waals surface area contributed by atoms with Crippen molar-refractivity contribution in [3.05, 3.63) is 84.7 Å². The third kappa shape index (κ3) is 7.11. The molecule has 0 unspecified atom stereocenters. The molecule has 0 spiro atoms. The monoisotopic (exact) mass is 516 g/mol. The second-order valence-corrected chi connectivity index (χ2v) is 9.09. The molecule has 2 amide bonds. The topological polar surface area (TPSA) is 110 Å². The quantitative estimate of drug-likeness (QED) is 0.242. The van der Waals surface area contributed by atoms with E-state index in [-0.39, 0.29) is 18.2 Å². The molecule has 10 heteroatoms. The Morgan fingerprint density at radius 3 is 2.41 bits per heavy atom. The van der Waals surface area contributed by atoms with Crippen LogP contribution in [0.1, 0.15) is 19.2 Å². The third-order valence-corrected chi connectivity index (χ3v) is 6.22. The number of hydrogen-bond acceptors (Lipinski definition) is 7. The van der Waals surface area contributed by atoms with Crippen LogP contribution in [0.4, 0.5) is 17.1 Å². The van der Waals surface area contributed by atoms with Gasteiger partial charge in [0.15, 0.2) is 11.0 Å². The van der Waals surface area contributed by atoms with Crippen LogP contribution >= 0.6 is 11.8 Å². The van der Waals surface area contributed by atoms with Crippen molar-refractivity contribution in [2.24, 2.45) is 0 Å². The second-order valence-electron chi connectivity index (χ2n) is 8.03. The minimum absolute atomic E-state index is 0.128. The lowest BCUT2D eigenvalue weighted by atomic mass is 10.2. The highest BCUT2D eigenvalue weighted by atomic mass is 32.2. The fourth-order valence-electron chi connectivity index (χ4n) is 3.65. The SMILES string of the molecule is COc1ccccc1NCc1nnc(SCCC(=O)Nc2cccc(NC(C)=O)c2)n1-c1ccccc1. The van der Waals surface area contributed by atoms with Crippen LogP contribution in [0, 0.1) is 0 Å². The van der Waals surface area contributed by atoms with Gasteiger partial charge in [0, 0.05) is 36.2 Å². The number of rotatable bonds is 11. The Kier molecular flexibility index (Phi) is 8.77. The van der Waals surface area contributed by atoms with Crippen LogP contribution in [0.5, 0.6) is 5.75 Å². The van der Waals surface area contributed by atoms with Gasteiger partial charge in [-0.3, -0.25) is 14.2 Å². The van der Waals surface area contributed by atoms with E-state index in [0.29, 0.717) is 28.8 Å². The molecule has 3 aromatic carbocycles. The zero-order valence-corrected chi connectivity index (χ0v) is 21.4. The smallest absolute Gasteiger partial charge is 0.225 e. The zero-order chi connectivity index (χ0) is 26.0. The normalized spacial score (nSPS) is 10.5. The van der Waals surface area contributed by atoms with E-state index in [9.17, 15) is 9.59 Å². The molecule has 0 aliphatic heterocycles.